The van der Waals surface area contributed by atoms with E-state index in [-0.39, 0.29) is 5.41 Å². The molecule has 0 radical (unpaired) electrons. The fourth-order valence-electron chi connectivity index (χ4n) is 4.79. The maximum atomic E-state index is 2.42. The molecule has 2 aliphatic rings. The topological polar surface area (TPSA) is 0 Å². The number of rotatable bonds is 1. The zero-order chi connectivity index (χ0) is 17.9. The summed E-state index contributed by atoms with van der Waals surface area (Å²) in [7, 11) is 0. The summed E-state index contributed by atoms with van der Waals surface area (Å²) in [5.41, 5.74) is 11.3. The van der Waals surface area contributed by atoms with E-state index in [4.69, 9.17) is 0 Å². The van der Waals surface area contributed by atoms with E-state index in [9.17, 15) is 0 Å². The molecule has 3 aromatic carbocycles. The van der Waals surface area contributed by atoms with E-state index in [1.807, 2.05) is 0 Å². The van der Waals surface area contributed by atoms with Gasteiger partial charge in [-0.05, 0) is 56.8 Å². The molecule has 1 unspecified atom stereocenters. The van der Waals surface area contributed by atoms with Gasteiger partial charge in [-0.1, -0.05) is 93.6 Å². The van der Waals surface area contributed by atoms with Crippen LogP contribution in [0.15, 0.2) is 66.7 Å². The van der Waals surface area contributed by atoms with Crippen molar-refractivity contribution in [2.75, 3.05) is 0 Å². The SMILES string of the molecule is CC1C=Cc2ccc(-c3cccc4c3-c3ccccc3C4(C)C)cc2C1. The van der Waals surface area contributed by atoms with Crippen LogP contribution in [-0.4, -0.2) is 0 Å². The van der Waals surface area contributed by atoms with Gasteiger partial charge in [0.1, 0.15) is 0 Å². The van der Waals surface area contributed by atoms with Crippen molar-refractivity contribution in [3.63, 3.8) is 0 Å². The van der Waals surface area contributed by atoms with E-state index in [1.54, 1.807) is 0 Å². The summed E-state index contributed by atoms with van der Waals surface area (Å²) in [6.45, 7) is 6.99. The second kappa shape index (κ2) is 5.45. The van der Waals surface area contributed by atoms with Crippen molar-refractivity contribution in [3.05, 3.63) is 89.0 Å². The Kier molecular flexibility index (Phi) is 3.28. The maximum absolute atomic E-state index is 2.42. The minimum absolute atomic E-state index is 0.0629. The number of benzene rings is 3. The molecule has 26 heavy (non-hydrogen) atoms. The van der Waals surface area contributed by atoms with Gasteiger partial charge in [0.15, 0.2) is 0 Å². The first-order chi connectivity index (χ1) is 12.6. The molecule has 0 N–H and O–H groups in total. The van der Waals surface area contributed by atoms with Crippen molar-refractivity contribution in [1.29, 1.82) is 0 Å². The number of allylic oxidation sites excluding steroid dienone is 1. The molecule has 2 aliphatic carbocycles. The molecule has 1 atom stereocenters. The van der Waals surface area contributed by atoms with Crippen LogP contribution in [0.2, 0.25) is 0 Å². The van der Waals surface area contributed by atoms with Gasteiger partial charge in [-0.3, -0.25) is 0 Å². The minimum atomic E-state index is 0.0629. The summed E-state index contributed by atoms with van der Waals surface area (Å²) >= 11 is 0. The third-order valence-corrected chi connectivity index (χ3v) is 6.21. The molecule has 0 amide bonds. The van der Waals surface area contributed by atoms with Gasteiger partial charge in [0.25, 0.3) is 0 Å². The van der Waals surface area contributed by atoms with Gasteiger partial charge in [-0.15, -0.1) is 0 Å². The lowest BCUT2D eigenvalue weighted by molar-refractivity contribution is 0.660. The van der Waals surface area contributed by atoms with E-state index < -0.39 is 0 Å². The van der Waals surface area contributed by atoms with Crippen molar-refractivity contribution < 1.29 is 0 Å². The van der Waals surface area contributed by atoms with Gasteiger partial charge in [0, 0.05) is 5.41 Å². The summed E-state index contributed by atoms with van der Waals surface area (Å²) in [6.07, 6.45) is 5.73. The number of hydrogen-bond acceptors (Lipinski definition) is 0. The van der Waals surface area contributed by atoms with E-state index >= 15 is 0 Å². The quantitative estimate of drug-likeness (QED) is 0.455. The molecule has 0 fully saturated rings. The Morgan fingerprint density at radius 3 is 2.50 bits per heavy atom. The first-order valence-electron chi connectivity index (χ1n) is 9.60. The Morgan fingerprint density at radius 1 is 0.846 bits per heavy atom. The van der Waals surface area contributed by atoms with E-state index in [0.717, 1.165) is 6.42 Å². The fourth-order valence-corrected chi connectivity index (χ4v) is 4.79. The Bertz CT molecular complexity index is 1050. The summed E-state index contributed by atoms with van der Waals surface area (Å²) in [5.74, 6) is 0.624. The molecule has 5 rings (SSSR count). The van der Waals surface area contributed by atoms with Crippen LogP contribution in [0.25, 0.3) is 28.3 Å². The molecule has 0 saturated carbocycles. The molecule has 0 heterocycles. The van der Waals surface area contributed by atoms with Crippen LogP contribution in [0.3, 0.4) is 0 Å². The van der Waals surface area contributed by atoms with E-state index in [2.05, 4.69) is 93.6 Å². The first-order valence-corrected chi connectivity index (χ1v) is 9.60. The van der Waals surface area contributed by atoms with Gasteiger partial charge in [0.05, 0.1) is 0 Å². The van der Waals surface area contributed by atoms with Crippen molar-refractivity contribution >= 4 is 6.08 Å². The lowest BCUT2D eigenvalue weighted by atomic mass is 9.81. The Labute approximate surface area is 156 Å². The summed E-state index contributed by atoms with van der Waals surface area (Å²) in [4.78, 5) is 0. The molecule has 0 heteroatoms. The zero-order valence-electron chi connectivity index (χ0n) is 15.7. The lowest BCUT2D eigenvalue weighted by Crippen LogP contribution is -2.14. The van der Waals surface area contributed by atoms with Crippen molar-refractivity contribution in [2.24, 2.45) is 5.92 Å². The monoisotopic (exact) mass is 336 g/mol. The highest BCUT2D eigenvalue weighted by molar-refractivity contribution is 5.92. The van der Waals surface area contributed by atoms with Gasteiger partial charge < -0.3 is 0 Å². The normalized spacial score (nSPS) is 19.0. The molecule has 0 nitrogen and oxygen atoms in total. The third kappa shape index (κ3) is 2.15. The zero-order valence-corrected chi connectivity index (χ0v) is 15.7. The van der Waals surface area contributed by atoms with Crippen LogP contribution in [-0.2, 0) is 11.8 Å². The van der Waals surface area contributed by atoms with Crippen LogP contribution >= 0.6 is 0 Å². The fraction of sp³-hybridized carbons (Fsp3) is 0.231. The van der Waals surface area contributed by atoms with Crippen molar-refractivity contribution in [2.45, 2.75) is 32.6 Å². The number of hydrogen-bond donors (Lipinski definition) is 0. The average molecular weight is 336 g/mol. The Morgan fingerprint density at radius 2 is 1.62 bits per heavy atom. The molecule has 128 valence electrons. The summed E-state index contributed by atoms with van der Waals surface area (Å²) < 4.78 is 0. The second-order valence-electron chi connectivity index (χ2n) is 8.35. The molecule has 3 aromatic rings. The van der Waals surface area contributed by atoms with Gasteiger partial charge in [-0.25, -0.2) is 0 Å². The largest absolute Gasteiger partial charge is 0.0808 e. The van der Waals surface area contributed by atoms with Gasteiger partial charge >= 0.3 is 0 Å². The predicted octanol–water partition coefficient (Wildman–Crippen LogP) is 6.87. The highest BCUT2D eigenvalue weighted by Crippen LogP contribution is 2.52. The second-order valence-corrected chi connectivity index (χ2v) is 8.35. The van der Waals surface area contributed by atoms with E-state index in [1.165, 1.54) is 44.5 Å². The van der Waals surface area contributed by atoms with Crippen LogP contribution in [0.1, 0.15) is 43.0 Å². The highest BCUT2D eigenvalue weighted by atomic mass is 14.4. The summed E-state index contributed by atoms with van der Waals surface area (Å²) in [6, 6.07) is 22.7. The summed E-state index contributed by atoms with van der Waals surface area (Å²) in [5, 5.41) is 0. The van der Waals surface area contributed by atoms with Crippen molar-refractivity contribution in [1.82, 2.24) is 0 Å². The standard InChI is InChI=1S/C26H24/c1-17-11-12-18-13-14-19(16-20(18)15-17)21-8-6-10-24-25(21)22-7-4-5-9-23(22)26(24,2)3/h4-14,16-17H,15H2,1-3H3. The smallest absolute Gasteiger partial charge is 0.0159 e. The lowest BCUT2D eigenvalue weighted by Gasteiger charge is -2.22. The highest BCUT2D eigenvalue weighted by Gasteiger charge is 2.36. The van der Waals surface area contributed by atoms with Crippen LogP contribution in [0, 0.1) is 5.92 Å². The molecule has 0 aliphatic heterocycles. The van der Waals surface area contributed by atoms with Crippen LogP contribution in [0.4, 0.5) is 0 Å². The van der Waals surface area contributed by atoms with Gasteiger partial charge in [0.2, 0.25) is 0 Å². The molecular weight excluding hydrogens is 312 g/mol. The van der Waals surface area contributed by atoms with E-state index in [0.29, 0.717) is 5.92 Å². The average Bonchev–Trinajstić information content (AvgIpc) is 2.89. The number of fused-ring (bicyclic) bond motifs is 4. The predicted molar refractivity (Wildman–Crippen MR) is 111 cm³/mol. The molecular formula is C26H24. The van der Waals surface area contributed by atoms with Gasteiger partial charge in [-0.2, -0.15) is 0 Å². The first kappa shape index (κ1) is 15.6. The Hall–Kier alpha value is -2.60. The Balaban J connectivity index is 1.74. The van der Waals surface area contributed by atoms with Crippen LogP contribution < -0.4 is 0 Å². The molecule has 0 saturated heterocycles. The van der Waals surface area contributed by atoms with Crippen LogP contribution in [0.5, 0.6) is 0 Å². The minimum Gasteiger partial charge on any atom is -0.0808 e. The molecule has 0 bridgehead atoms. The maximum Gasteiger partial charge on any atom is 0.0159 e. The third-order valence-electron chi connectivity index (χ3n) is 6.21. The van der Waals surface area contributed by atoms with Crippen molar-refractivity contribution in [3.8, 4) is 22.3 Å². The molecule has 0 aromatic heterocycles. The molecule has 0 spiro atoms.